The van der Waals surface area contributed by atoms with Crippen LogP contribution in [0.15, 0.2) is 0 Å². The van der Waals surface area contributed by atoms with Crippen molar-refractivity contribution >= 4 is 14.0 Å². The molecule has 0 amide bonds. The van der Waals surface area contributed by atoms with Crippen molar-refractivity contribution in [3.63, 3.8) is 0 Å². The number of hydrogen-bond acceptors (Lipinski definition) is 5. The lowest BCUT2D eigenvalue weighted by molar-refractivity contribution is -0.0204. The van der Waals surface area contributed by atoms with Crippen LogP contribution in [0.4, 0.5) is 0 Å². The average Bonchev–Trinajstić information content (AvgIpc) is 2.86. The van der Waals surface area contributed by atoms with Gasteiger partial charge in [-0.3, -0.25) is 0 Å². The second-order valence-corrected chi connectivity index (χ2v) is 12.8. The van der Waals surface area contributed by atoms with Crippen molar-refractivity contribution in [2.45, 2.75) is 58.7 Å². The molecule has 0 aliphatic carbocycles. The molecule has 0 aliphatic rings. The Morgan fingerprint density at radius 3 is 2.48 bits per heavy atom. The van der Waals surface area contributed by atoms with Gasteiger partial charge in [0.1, 0.15) is 11.4 Å². The number of nitrogens with one attached hydrogen (secondary N) is 1. The summed E-state index contributed by atoms with van der Waals surface area (Å²) in [6.45, 7) is 14.2. The van der Waals surface area contributed by atoms with Crippen molar-refractivity contribution in [3.05, 3.63) is 17.2 Å². The number of rotatable bonds is 9. The predicted molar refractivity (Wildman–Crippen MR) is 92.4 cm³/mol. The van der Waals surface area contributed by atoms with Gasteiger partial charge in [0, 0.05) is 21.3 Å². The Morgan fingerprint density at radius 2 is 1.96 bits per heavy atom. The van der Waals surface area contributed by atoms with E-state index in [1.54, 1.807) is 0 Å². The first-order valence-electron chi connectivity index (χ1n) is 8.00. The Morgan fingerprint density at radius 1 is 1.30 bits per heavy atom. The number of carbonyl (C=O) groups excluding carboxylic acids is 1. The fourth-order valence-electron chi connectivity index (χ4n) is 2.05. The zero-order valence-electron chi connectivity index (χ0n) is 15.4. The molecule has 1 aromatic heterocycles. The van der Waals surface area contributed by atoms with Crippen LogP contribution >= 0.6 is 0 Å². The highest BCUT2D eigenvalue weighted by atomic mass is 28.3. The Bertz CT molecular complexity index is 521. The van der Waals surface area contributed by atoms with E-state index in [9.17, 15) is 4.79 Å². The van der Waals surface area contributed by atoms with E-state index >= 15 is 0 Å². The molecular formula is C16H30N2O4Si. The van der Waals surface area contributed by atoms with Crippen molar-refractivity contribution in [1.29, 1.82) is 0 Å². The van der Waals surface area contributed by atoms with Gasteiger partial charge in [0.25, 0.3) is 0 Å². The second-order valence-electron chi connectivity index (χ2n) is 7.21. The molecular weight excluding hydrogens is 312 g/mol. The van der Waals surface area contributed by atoms with Crippen molar-refractivity contribution in [2.75, 3.05) is 20.3 Å². The zero-order valence-corrected chi connectivity index (χ0v) is 16.4. The maximum atomic E-state index is 11.9. The summed E-state index contributed by atoms with van der Waals surface area (Å²) in [5.41, 5.74) is 0.298. The van der Waals surface area contributed by atoms with Crippen LogP contribution in [-0.4, -0.2) is 44.3 Å². The monoisotopic (exact) mass is 342 g/mol. The predicted octanol–water partition coefficient (Wildman–Crippen LogP) is 3.32. The third-order valence-corrected chi connectivity index (χ3v) is 5.18. The smallest absolute Gasteiger partial charge is 0.358 e. The number of H-pyrrole nitrogens is 1. The minimum Gasteiger partial charge on any atom is -0.464 e. The molecule has 1 N–H and O–H groups in total. The third-order valence-electron chi connectivity index (χ3n) is 3.48. The second kappa shape index (κ2) is 8.08. The van der Waals surface area contributed by atoms with Gasteiger partial charge in [0.2, 0.25) is 0 Å². The van der Waals surface area contributed by atoms with Crippen LogP contribution in [0.5, 0.6) is 0 Å². The molecule has 0 atom stereocenters. The van der Waals surface area contributed by atoms with Gasteiger partial charge in [0.15, 0.2) is 5.69 Å². The lowest BCUT2D eigenvalue weighted by atomic mass is 10.1. The number of carbonyl (C=O) groups is 1. The van der Waals surface area contributed by atoms with E-state index in [0.717, 1.165) is 6.04 Å². The minimum atomic E-state index is -1.14. The minimum absolute atomic E-state index is 0.267. The summed E-state index contributed by atoms with van der Waals surface area (Å²) in [5.74, 6) is 0.132. The third kappa shape index (κ3) is 6.08. The first-order valence-corrected chi connectivity index (χ1v) is 11.7. The number of hydrogen-bond donors (Lipinski definition) is 1. The van der Waals surface area contributed by atoms with Gasteiger partial charge in [-0.2, -0.15) is 0 Å². The van der Waals surface area contributed by atoms with Crippen LogP contribution in [0, 0.1) is 0 Å². The summed E-state index contributed by atoms with van der Waals surface area (Å²) in [4.78, 5) is 19.5. The highest BCUT2D eigenvalue weighted by molar-refractivity contribution is 6.76. The summed E-state index contributed by atoms with van der Waals surface area (Å²) in [5, 5.41) is 0. The molecule has 0 aliphatic heterocycles. The largest absolute Gasteiger partial charge is 0.464 e. The molecule has 1 heterocycles. The lowest BCUT2D eigenvalue weighted by Gasteiger charge is -2.21. The molecule has 0 saturated heterocycles. The van der Waals surface area contributed by atoms with E-state index in [4.69, 9.17) is 14.2 Å². The molecule has 6 nitrogen and oxygen atoms in total. The summed E-state index contributed by atoms with van der Waals surface area (Å²) in [6, 6.07) is 1.08. The zero-order chi connectivity index (χ0) is 17.7. The lowest BCUT2D eigenvalue weighted by Crippen LogP contribution is -2.23. The molecule has 23 heavy (non-hydrogen) atoms. The van der Waals surface area contributed by atoms with E-state index in [0.29, 0.717) is 31.3 Å². The van der Waals surface area contributed by atoms with Gasteiger partial charge in [-0.15, -0.1) is 0 Å². The first-order chi connectivity index (χ1) is 10.6. The van der Waals surface area contributed by atoms with Gasteiger partial charge >= 0.3 is 5.97 Å². The molecule has 0 aromatic carbocycles. The molecule has 0 fully saturated rings. The van der Waals surface area contributed by atoms with Crippen LogP contribution in [-0.2, 0) is 26.4 Å². The number of esters is 1. The molecule has 1 rings (SSSR count). The van der Waals surface area contributed by atoms with Gasteiger partial charge in [-0.05, 0) is 26.8 Å². The quantitative estimate of drug-likeness (QED) is 0.423. The summed E-state index contributed by atoms with van der Waals surface area (Å²) in [7, 11) is 0.212. The number of ether oxygens (including phenoxy) is 3. The van der Waals surface area contributed by atoms with E-state index in [-0.39, 0.29) is 5.69 Å². The van der Waals surface area contributed by atoms with Crippen LogP contribution in [0.1, 0.15) is 42.8 Å². The highest BCUT2D eigenvalue weighted by Crippen LogP contribution is 2.24. The van der Waals surface area contributed by atoms with Crippen molar-refractivity contribution in [3.8, 4) is 0 Å². The van der Waals surface area contributed by atoms with Gasteiger partial charge in [0.05, 0.1) is 19.4 Å². The van der Waals surface area contributed by atoms with E-state index in [1.165, 1.54) is 7.11 Å². The van der Waals surface area contributed by atoms with Crippen LogP contribution < -0.4 is 0 Å². The average molecular weight is 343 g/mol. The van der Waals surface area contributed by atoms with Crippen molar-refractivity contribution in [1.82, 2.24) is 9.97 Å². The Balaban J connectivity index is 2.87. The van der Waals surface area contributed by atoms with E-state index in [2.05, 4.69) is 29.6 Å². The fraction of sp³-hybridized carbons (Fsp3) is 0.750. The summed E-state index contributed by atoms with van der Waals surface area (Å²) < 4.78 is 16.2. The van der Waals surface area contributed by atoms with E-state index < -0.39 is 19.6 Å². The number of imidazole rings is 1. The van der Waals surface area contributed by atoms with Gasteiger partial charge < -0.3 is 19.2 Å². The molecule has 0 spiro atoms. The first kappa shape index (κ1) is 19.9. The molecule has 132 valence electrons. The SMILES string of the molecule is CCOC(C)(C)c1nc(C(=O)OC)c(COCC[Si](C)(C)C)[nH]1. The standard InChI is InChI=1S/C16H30N2O4Si/c1-8-22-16(2,3)15-17-12(13(18-15)14(19)20-4)11-21-9-10-23(5,6)7/h8-11H2,1-7H3,(H,17,18). The fourth-order valence-corrected chi connectivity index (χ4v) is 2.80. The molecule has 0 saturated carbocycles. The number of aromatic amines is 1. The normalized spacial score (nSPS) is 12.5. The summed E-state index contributed by atoms with van der Waals surface area (Å²) in [6.07, 6.45) is 0. The van der Waals surface area contributed by atoms with Crippen LogP contribution in [0.25, 0.3) is 0 Å². The Kier molecular flexibility index (Phi) is 6.97. The van der Waals surface area contributed by atoms with Gasteiger partial charge in [-0.1, -0.05) is 19.6 Å². The highest BCUT2D eigenvalue weighted by Gasteiger charge is 2.28. The van der Waals surface area contributed by atoms with Gasteiger partial charge in [-0.25, -0.2) is 9.78 Å². The maximum Gasteiger partial charge on any atom is 0.358 e. The molecule has 1 aromatic rings. The molecule has 0 unspecified atom stereocenters. The van der Waals surface area contributed by atoms with Crippen molar-refractivity contribution in [2.24, 2.45) is 0 Å². The Labute approximate surface area is 139 Å². The van der Waals surface area contributed by atoms with Crippen LogP contribution in [0.3, 0.4) is 0 Å². The maximum absolute atomic E-state index is 11.9. The van der Waals surface area contributed by atoms with E-state index in [1.807, 2.05) is 20.8 Å². The summed E-state index contributed by atoms with van der Waals surface area (Å²) >= 11 is 0. The topological polar surface area (TPSA) is 73.4 Å². The molecule has 7 heteroatoms. The Hall–Kier alpha value is -1.18. The van der Waals surface area contributed by atoms with Crippen molar-refractivity contribution < 1.29 is 19.0 Å². The number of aromatic nitrogens is 2. The molecule has 0 radical (unpaired) electrons. The number of nitrogens with zero attached hydrogens (tertiary/aromatic N) is 1. The molecule has 0 bridgehead atoms. The number of methoxy groups -OCH3 is 1. The van der Waals surface area contributed by atoms with Crippen LogP contribution in [0.2, 0.25) is 25.7 Å².